The Morgan fingerprint density at radius 2 is 1.87 bits per heavy atom. The highest BCUT2D eigenvalue weighted by atomic mass is 35.5. The van der Waals surface area contributed by atoms with E-state index in [0.717, 1.165) is 26.7 Å². The summed E-state index contributed by atoms with van der Waals surface area (Å²) in [6.45, 7) is 5.56. The summed E-state index contributed by atoms with van der Waals surface area (Å²) in [5.74, 6) is 0.457. The highest BCUT2D eigenvalue weighted by Crippen LogP contribution is 2.26. The van der Waals surface area contributed by atoms with Gasteiger partial charge in [-0.25, -0.2) is 0 Å². The number of ether oxygens (including phenoxy) is 1. The number of benzene rings is 2. The van der Waals surface area contributed by atoms with Crippen LogP contribution in [0.25, 0.3) is 0 Å². The molecule has 0 spiro atoms. The topological polar surface area (TPSA) is 38.3 Å². The maximum atomic E-state index is 12.3. The van der Waals surface area contributed by atoms with Crippen LogP contribution in [0.3, 0.4) is 0 Å². The molecule has 0 saturated heterocycles. The maximum Gasteiger partial charge on any atom is 0.265 e. The number of thioether (sulfide) groups is 1. The van der Waals surface area contributed by atoms with E-state index in [4.69, 9.17) is 16.3 Å². The first-order chi connectivity index (χ1) is 10.9. The summed E-state index contributed by atoms with van der Waals surface area (Å²) < 4.78 is 5.75. The molecule has 1 amide bonds. The van der Waals surface area contributed by atoms with Gasteiger partial charge in [0.2, 0.25) is 0 Å². The number of hydrogen-bond acceptors (Lipinski definition) is 3. The van der Waals surface area contributed by atoms with Crippen LogP contribution in [-0.2, 0) is 4.79 Å². The van der Waals surface area contributed by atoms with Gasteiger partial charge >= 0.3 is 0 Å². The predicted octanol–water partition coefficient (Wildman–Crippen LogP) is 5.08. The molecule has 1 atom stereocenters. The van der Waals surface area contributed by atoms with Crippen molar-refractivity contribution in [3.63, 3.8) is 0 Å². The van der Waals surface area contributed by atoms with E-state index in [1.807, 2.05) is 56.5 Å². The van der Waals surface area contributed by atoms with Crippen LogP contribution < -0.4 is 10.1 Å². The van der Waals surface area contributed by atoms with Gasteiger partial charge < -0.3 is 10.1 Å². The Morgan fingerprint density at radius 1 is 1.22 bits per heavy atom. The maximum absolute atomic E-state index is 12.3. The van der Waals surface area contributed by atoms with Gasteiger partial charge in [-0.3, -0.25) is 4.79 Å². The lowest BCUT2D eigenvalue weighted by molar-refractivity contribution is -0.122. The molecule has 0 aliphatic carbocycles. The van der Waals surface area contributed by atoms with Crippen LogP contribution >= 0.6 is 23.4 Å². The predicted molar refractivity (Wildman–Crippen MR) is 97.9 cm³/mol. The fourth-order valence-corrected chi connectivity index (χ4v) is 2.75. The van der Waals surface area contributed by atoms with E-state index < -0.39 is 6.10 Å². The van der Waals surface area contributed by atoms with Gasteiger partial charge in [-0.2, -0.15) is 0 Å². The second-order valence-corrected chi connectivity index (χ2v) is 6.61. The number of halogens is 1. The van der Waals surface area contributed by atoms with Gasteiger partial charge in [-0.1, -0.05) is 17.7 Å². The Bertz CT molecular complexity index is 695. The molecule has 23 heavy (non-hydrogen) atoms. The van der Waals surface area contributed by atoms with Crippen molar-refractivity contribution >= 4 is 35.0 Å². The molecule has 2 aromatic rings. The Labute approximate surface area is 146 Å². The number of amides is 1. The van der Waals surface area contributed by atoms with Gasteiger partial charge in [-0.05, 0) is 68.5 Å². The second kappa shape index (κ2) is 7.75. The standard InChI is InChI=1S/C18H20ClNO2S/c1-11-8-15(9-12(2)17(11)19)22-13(3)18(21)20-14-6-5-7-16(10-14)23-4/h5-10,13H,1-4H3,(H,20,21)/t13-/m0/s1. The molecule has 0 bridgehead atoms. The van der Waals surface area contributed by atoms with Gasteiger partial charge in [0, 0.05) is 15.6 Å². The number of rotatable bonds is 5. The normalized spacial score (nSPS) is 11.9. The van der Waals surface area contributed by atoms with E-state index in [1.54, 1.807) is 18.7 Å². The molecule has 0 aromatic heterocycles. The Balaban J connectivity index is 2.05. The molecular formula is C18H20ClNO2S. The van der Waals surface area contributed by atoms with Crippen molar-refractivity contribution in [2.75, 3.05) is 11.6 Å². The van der Waals surface area contributed by atoms with Crippen molar-refractivity contribution in [3.05, 3.63) is 52.5 Å². The largest absolute Gasteiger partial charge is 0.481 e. The van der Waals surface area contributed by atoms with Crippen LogP contribution in [0.1, 0.15) is 18.1 Å². The summed E-state index contributed by atoms with van der Waals surface area (Å²) in [6.07, 6.45) is 1.39. The van der Waals surface area contributed by atoms with Crippen molar-refractivity contribution in [1.29, 1.82) is 0 Å². The van der Waals surface area contributed by atoms with Crippen LogP contribution in [-0.4, -0.2) is 18.3 Å². The van der Waals surface area contributed by atoms with Gasteiger partial charge in [0.25, 0.3) is 5.91 Å². The summed E-state index contributed by atoms with van der Waals surface area (Å²) in [5.41, 5.74) is 2.63. The number of carbonyl (C=O) groups excluding carboxylic acids is 1. The van der Waals surface area contributed by atoms with Crippen molar-refractivity contribution in [3.8, 4) is 5.75 Å². The van der Waals surface area contributed by atoms with Crippen molar-refractivity contribution in [2.24, 2.45) is 0 Å². The molecule has 0 heterocycles. The van der Waals surface area contributed by atoms with Crippen LogP contribution in [0.5, 0.6) is 5.75 Å². The van der Waals surface area contributed by atoms with E-state index in [0.29, 0.717) is 5.75 Å². The molecule has 5 heteroatoms. The van der Waals surface area contributed by atoms with Gasteiger partial charge in [0.15, 0.2) is 6.10 Å². The van der Waals surface area contributed by atoms with E-state index in [1.165, 1.54) is 0 Å². The molecule has 122 valence electrons. The number of aryl methyl sites for hydroxylation is 2. The zero-order chi connectivity index (χ0) is 17.0. The van der Waals surface area contributed by atoms with Gasteiger partial charge in [-0.15, -0.1) is 11.8 Å². The molecule has 0 fully saturated rings. The Kier molecular flexibility index (Phi) is 5.97. The van der Waals surface area contributed by atoms with Crippen molar-refractivity contribution < 1.29 is 9.53 Å². The lowest BCUT2D eigenvalue weighted by atomic mass is 10.1. The van der Waals surface area contributed by atoms with Crippen LogP contribution in [0.15, 0.2) is 41.3 Å². The molecule has 2 rings (SSSR count). The minimum absolute atomic E-state index is 0.187. The molecule has 0 saturated carbocycles. The number of carbonyl (C=O) groups is 1. The first kappa shape index (κ1) is 17.7. The van der Waals surface area contributed by atoms with E-state index >= 15 is 0 Å². The summed E-state index contributed by atoms with van der Waals surface area (Å²) in [6, 6.07) is 11.4. The summed E-state index contributed by atoms with van der Waals surface area (Å²) >= 11 is 7.78. The monoisotopic (exact) mass is 349 g/mol. The second-order valence-electron chi connectivity index (χ2n) is 5.35. The summed E-state index contributed by atoms with van der Waals surface area (Å²) in [7, 11) is 0. The lowest BCUT2D eigenvalue weighted by Gasteiger charge is -2.16. The molecular weight excluding hydrogens is 330 g/mol. The molecule has 1 N–H and O–H groups in total. The zero-order valence-corrected chi connectivity index (χ0v) is 15.2. The third-order valence-electron chi connectivity index (χ3n) is 3.43. The highest BCUT2D eigenvalue weighted by molar-refractivity contribution is 7.98. The van der Waals surface area contributed by atoms with Gasteiger partial charge in [0.05, 0.1) is 0 Å². The van der Waals surface area contributed by atoms with E-state index in [9.17, 15) is 4.79 Å². The smallest absolute Gasteiger partial charge is 0.265 e. The van der Waals surface area contributed by atoms with Gasteiger partial charge in [0.1, 0.15) is 5.75 Å². The summed E-state index contributed by atoms with van der Waals surface area (Å²) in [5, 5.41) is 3.60. The lowest BCUT2D eigenvalue weighted by Crippen LogP contribution is -2.30. The van der Waals surface area contributed by atoms with Crippen LogP contribution in [0.4, 0.5) is 5.69 Å². The average molecular weight is 350 g/mol. The van der Waals surface area contributed by atoms with Crippen LogP contribution in [0.2, 0.25) is 5.02 Å². The number of hydrogen-bond donors (Lipinski definition) is 1. The molecule has 0 radical (unpaired) electrons. The SMILES string of the molecule is CSc1cccc(NC(=O)[C@H](C)Oc2cc(C)c(Cl)c(C)c2)c1. The first-order valence-electron chi connectivity index (χ1n) is 7.29. The molecule has 3 nitrogen and oxygen atoms in total. The first-order valence-corrected chi connectivity index (χ1v) is 8.89. The molecule has 0 unspecified atom stereocenters. The average Bonchev–Trinajstić information content (AvgIpc) is 2.52. The quantitative estimate of drug-likeness (QED) is 0.764. The number of nitrogens with one attached hydrogen (secondary N) is 1. The molecule has 0 aliphatic heterocycles. The third kappa shape index (κ3) is 4.66. The Morgan fingerprint density at radius 3 is 2.48 bits per heavy atom. The highest BCUT2D eigenvalue weighted by Gasteiger charge is 2.16. The molecule has 2 aromatic carbocycles. The van der Waals surface area contributed by atoms with Crippen molar-refractivity contribution in [2.45, 2.75) is 31.8 Å². The zero-order valence-electron chi connectivity index (χ0n) is 13.6. The minimum Gasteiger partial charge on any atom is -0.481 e. The fourth-order valence-electron chi connectivity index (χ4n) is 2.18. The van der Waals surface area contributed by atoms with E-state index in [-0.39, 0.29) is 5.91 Å². The minimum atomic E-state index is -0.604. The molecule has 0 aliphatic rings. The van der Waals surface area contributed by atoms with Crippen molar-refractivity contribution in [1.82, 2.24) is 0 Å². The fraction of sp³-hybridized carbons (Fsp3) is 0.278. The number of anilines is 1. The Hall–Kier alpha value is -1.65. The third-order valence-corrected chi connectivity index (χ3v) is 4.75. The summed E-state index contributed by atoms with van der Waals surface area (Å²) in [4.78, 5) is 13.4. The van der Waals surface area contributed by atoms with E-state index in [2.05, 4.69) is 5.32 Å². The van der Waals surface area contributed by atoms with Crippen LogP contribution in [0, 0.1) is 13.8 Å².